The average molecular weight is 316 g/mol. The number of halogens is 1. The Hall–Kier alpha value is -1.02. The van der Waals surface area contributed by atoms with E-state index in [9.17, 15) is 4.79 Å². The van der Waals surface area contributed by atoms with E-state index < -0.39 is 10.2 Å². The number of fused-ring (bicyclic) bond motifs is 2. The van der Waals surface area contributed by atoms with Crippen LogP contribution in [0.4, 0.5) is 0 Å². The maximum Gasteiger partial charge on any atom is 0.144 e. The molecule has 0 amide bonds. The molecule has 0 aromatic heterocycles. The lowest BCUT2D eigenvalue weighted by Crippen LogP contribution is -3.17. The smallest absolute Gasteiger partial charge is 0.144 e. The van der Waals surface area contributed by atoms with Gasteiger partial charge in [0.05, 0.1) is 24.9 Å². The molecule has 2 heterocycles. The van der Waals surface area contributed by atoms with E-state index in [0.29, 0.717) is 17.9 Å². The van der Waals surface area contributed by atoms with Gasteiger partial charge in [0.2, 0.25) is 0 Å². The number of rotatable bonds is 2. The van der Waals surface area contributed by atoms with Gasteiger partial charge < -0.3 is 4.90 Å². The van der Waals surface area contributed by atoms with Crippen molar-refractivity contribution >= 4 is 5.78 Å². The summed E-state index contributed by atoms with van der Waals surface area (Å²) in [5, 5.41) is 0. The Kier molecular flexibility index (Phi) is 5.32. The van der Waals surface area contributed by atoms with Gasteiger partial charge in [-0.2, -0.15) is 0 Å². The summed E-state index contributed by atoms with van der Waals surface area (Å²) in [5.41, 5.74) is 1.41. The molecule has 6 nitrogen and oxygen atoms in total. The molecule has 0 radical (unpaired) electrons. The number of quaternary nitrogens is 1. The van der Waals surface area contributed by atoms with Crippen LogP contribution in [0.25, 0.3) is 0 Å². The van der Waals surface area contributed by atoms with Crippen molar-refractivity contribution in [3.63, 3.8) is 0 Å². The van der Waals surface area contributed by atoms with E-state index in [2.05, 4.69) is 30.3 Å². The summed E-state index contributed by atoms with van der Waals surface area (Å²) in [6.45, 7) is 1.10. The van der Waals surface area contributed by atoms with Crippen LogP contribution in [-0.2, 0) is 11.3 Å². The molecule has 7 heteroatoms. The van der Waals surface area contributed by atoms with E-state index in [4.69, 9.17) is 18.6 Å². The van der Waals surface area contributed by atoms with Crippen LogP contribution < -0.4 is 23.5 Å². The first-order chi connectivity index (χ1) is 9.83. The fourth-order valence-electron chi connectivity index (χ4n) is 3.33. The molecule has 1 N–H and O–H groups in total. The molecule has 2 bridgehead atoms. The van der Waals surface area contributed by atoms with Crippen LogP contribution >= 0.6 is 0 Å². The second-order valence-corrected chi connectivity index (χ2v) is 6.29. The highest BCUT2D eigenvalue weighted by Crippen LogP contribution is 2.20. The zero-order chi connectivity index (χ0) is 15.5. The maximum absolute atomic E-state index is 11.5. The van der Waals surface area contributed by atoms with Gasteiger partial charge in [-0.05, 0) is 0 Å². The van der Waals surface area contributed by atoms with E-state index in [1.807, 2.05) is 0 Å². The first-order valence-corrected chi connectivity index (χ1v) is 8.09. The maximum atomic E-state index is 11.5. The van der Waals surface area contributed by atoms with Crippen LogP contribution in [0, 0.1) is 10.2 Å². The van der Waals surface area contributed by atoms with Gasteiger partial charge in [0.15, 0.2) is 0 Å². The molecule has 116 valence electrons. The molecule has 0 saturated carbocycles. The molecule has 1 aromatic carbocycles. The minimum Gasteiger partial charge on any atom is -0.326 e. The quantitative estimate of drug-likeness (QED) is 0.601. The standard InChI is InChI=1S/C14H17NO.ClHO4/c16-14-8-12-6-7-13(9-14)15(12)10-11-4-2-1-3-5-11;2-1(3,4)5/h1-5,12-13H,6-10H2;(H,2,3,4,5)/t12-,13+;. The summed E-state index contributed by atoms with van der Waals surface area (Å²) in [4.78, 5) is 13.2. The largest absolute Gasteiger partial charge is 0.326 e. The highest BCUT2D eigenvalue weighted by molar-refractivity contribution is 5.80. The Balaban J connectivity index is 0.000000282. The third-order valence-electron chi connectivity index (χ3n) is 4.11. The van der Waals surface area contributed by atoms with Gasteiger partial charge in [-0.1, -0.05) is 30.3 Å². The van der Waals surface area contributed by atoms with E-state index in [0.717, 1.165) is 19.4 Å². The zero-order valence-corrected chi connectivity index (χ0v) is 12.3. The normalized spacial score (nSPS) is 28.0. The number of hydrogen-bond acceptors (Lipinski definition) is 5. The minimum atomic E-state index is -4.94. The van der Waals surface area contributed by atoms with Crippen molar-refractivity contribution in [1.29, 1.82) is 0 Å². The Morgan fingerprint density at radius 3 is 1.95 bits per heavy atom. The topological polar surface area (TPSA) is 114 Å². The van der Waals surface area contributed by atoms with Crippen molar-refractivity contribution < 1.29 is 38.6 Å². The Bertz CT molecular complexity index is 454. The van der Waals surface area contributed by atoms with Gasteiger partial charge in [0, 0.05) is 18.4 Å². The van der Waals surface area contributed by atoms with Gasteiger partial charge in [0.25, 0.3) is 0 Å². The Morgan fingerprint density at radius 1 is 1.00 bits per heavy atom. The Morgan fingerprint density at radius 2 is 1.48 bits per heavy atom. The van der Waals surface area contributed by atoms with E-state index >= 15 is 0 Å². The van der Waals surface area contributed by atoms with Crippen molar-refractivity contribution in [2.75, 3.05) is 0 Å². The van der Waals surface area contributed by atoms with Gasteiger partial charge in [-0.25, -0.2) is 18.6 Å². The number of benzene rings is 1. The third kappa shape index (κ3) is 5.35. The summed E-state index contributed by atoms with van der Waals surface area (Å²) < 4.78 is 34.0. The molecule has 0 spiro atoms. The molecule has 1 aromatic rings. The molecular formula is C14H18ClNO5. The number of nitrogens with one attached hydrogen (secondary N) is 1. The fraction of sp³-hybridized carbons (Fsp3) is 0.500. The van der Waals surface area contributed by atoms with Crippen LogP contribution in [0.1, 0.15) is 31.2 Å². The first kappa shape index (κ1) is 16.4. The number of hydrogen-bond donors (Lipinski definition) is 1. The Labute approximate surface area is 125 Å². The lowest BCUT2D eigenvalue weighted by atomic mass is 10.0. The zero-order valence-electron chi connectivity index (χ0n) is 11.5. The first-order valence-electron chi connectivity index (χ1n) is 6.86. The molecule has 2 aliphatic heterocycles. The van der Waals surface area contributed by atoms with Crippen LogP contribution in [0.15, 0.2) is 30.3 Å². The van der Waals surface area contributed by atoms with Crippen molar-refractivity contribution in [3.05, 3.63) is 35.9 Å². The minimum absolute atomic E-state index is 0.490. The average Bonchev–Trinajstić information content (AvgIpc) is 2.62. The molecule has 2 aliphatic rings. The van der Waals surface area contributed by atoms with E-state index in [-0.39, 0.29) is 0 Å². The predicted molar refractivity (Wildman–Crippen MR) is 62.2 cm³/mol. The summed E-state index contributed by atoms with van der Waals surface area (Å²) in [6, 6.07) is 11.9. The van der Waals surface area contributed by atoms with Gasteiger partial charge in [-0.15, -0.1) is 10.2 Å². The van der Waals surface area contributed by atoms with Crippen molar-refractivity contribution in [1.82, 2.24) is 0 Å². The van der Waals surface area contributed by atoms with Gasteiger partial charge >= 0.3 is 0 Å². The highest BCUT2D eigenvalue weighted by atomic mass is 35.7. The van der Waals surface area contributed by atoms with Crippen LogP contribution in [-0.4, -0.2) is 17.9 Å². The number of ketones is 1. The van der Waals surface area contributed by atoms with Gasteiger partial charge in [-0.3, -0.25) is 4.79 Å². The van der Waals surface area contributed by atoms with Crippen LogP contribution in [0.5, 0.6) is 0 Å². The molecule has 1 unspecified atom stereocenters. The summed E-state index contributed by atoms with van der Waals surface area (Å²) in [6.07, 6.45) is 4.13. The van der Waals surface area contributed by atoms with E-state index in [1.54, 1.807) is 4.90 Å². The lowest BCUT2D eigenvalue weighted by molar-refractivity contribution is -2.00. The molecule has 3 atom stereocenters. The predicted octanol–water partition coefficient (Wildman–Crippen LogP) is -3.79. The molecule has 0 aliphatic carbocycles. The summed E-state index contributed by atoms with van der Waals surface area (Å²) in [7, 11) is -4.94. The van der Waals surface area contributed by atoms with Crippen molar-refractivity contribution in [2.45, 2.75) is 44.3 Å². The van der Waals surface area contributed by atoms with Crippen LogP contribution in [0.3, 0.4) is 0 Å². The number of piperidine rings is 1. The summed E-state index contributed by atoms with van der Waals surface area (Å²) >= 11 is 0. The van der Waals surface area contributed by atoms with Crippen molar-refractivity contribution in [3.8, 4) is 0 Å². The van der Waals surface area contributed by atoms with Crippen molar-refractivity contribution in [2.24, 2.45) is 0 Å². The highest BCUT2D eigenvalue weighted by Gasteiger charge is 2.43. The van der Waals surface area contributed by atoms with E-state index in [1.165, 1.54) is 18.4 Å². The monoisotopic (exact) mass is 315 g/mol. The molecule has 2 saturated heterocycles. The third-order valence-corrected chi connectivity index (χ3v) is 4.11. The van der Waals surface area contributed by atoms with Gasteiger partial charge in [0.1, 0.15) is 12.3 Å². The summed E-state index contributed by atoms with van der Waals surface area (Å²) in [5.74, 6) is 0.490. The second kappa shape index (κ2) is 6.83. The SMILES string of the molecule is O=C1C[C@H]2CC[C@@H](C1)[NH+]2Cc1ccccc1.[O-][Cl+3]([O-])([O-])[O-]. The number of carbonyl (C=O) groups excluding carboxylic acids is 1. The number of carbonyl (C=O) groups is 1. The molecule has 21 heavy (non-hydrogen) atoms. The second-order valence-electron chi connectivity index (χ2n) is 5.53. The lowest BCUT2D eigenvalue weighted by Gasteiger charge is -2.30. The molecular weight excluding hydrogens is 298 g/mol. The number of Topliss-reactive ketones (excluding diaryl/α,β-unsaturated/α-hetero) is 1. The molecule has 3 rings (SSSR count). The fourth-order valence-corrected chi connectivity index (χ4v) is 3.33. The van der Waals surface area contributed by atoms with Crippen LogP contribution in [0.2, 0.25) is 0 Å². The molecule has 2 fully saturated rings.